The number of ether oxygens (including phenoxy) is 5. The zero-order valence-electron chi connectivity index (χ0n) is 27.6. The third-order valence-electron chi connectivity index (χ3n) is 6.95. The lowest BCUT2D eigenvalue weighted by Gasteiger charge is -2.50. The molecular formula is C33H41Cl3NO11P. The summed E-state index contributed by atoms with van der Waals surface area (Å²) in [6.45, 7) is 5.21. The molecule has 3 rings (SSSR count). The monoisotopic (exact) mass is 763 g/mol. The highest BCUT2D eigenvalue weighted by Gasteiger charge is 2.56. The first kappa shape index (κ1) is 40.8. The van der Waals surface area contributed by atoms with E-state index in [1.54, 1.807) is 38.1 Å². The van der Waals surface area contributed by atoms with Crippen LogP contribution in [0.1, 0.15) is 45.2 Å². The van der Waals surface area contributed by atoms with Crippen LogP contribution in [-0.2, 0) is 60.1 Å². The summed E-state index contributed by atoms with van der Waals surface area (Å²) in [6, 6.07) is 17.1. The van der Waals surface area contributed by atoms with Gasteiger partial charge in [-0.05, 0) is 31.4 Å². The molecule has 1 heterocycles. The van der Waals surface area contributed by atoms with Gasteiger partial charge in [0.2, 0.25) is 3.79 Å². The van der Waals surface area contributed by atoms with E-state index in [-0.39, 0.29) is 32.8 Å². The molecule has 16 heteroatoms. The first-order valence-corrected chi connectivity index (χ1v) is 18.2. The number of hydrogen-bond donors (Lipinski definition) is 0. The lowest BCUT2D eigenvalue weighted by atomic mass is 9.89. The van der Waals surface area contributed by atoms with Crippen molar-refractivity contribution in [2.45, 2.75) is 81.7 Å². The minimum atomic E-state index is -3.69. The highest BCUT2D eigenvalue weighted by atomic mass is 35.6. The zero-order valence-corrected chi connectivity index (χ0v) is 30.7. The Bertz CT molecular complexity index is 1420. The van der Waals surface area contributed by atoms with Crippen molar-refractivity contribution < 1.29 is 51.7 Å². The topological polar surface area (TPSA) is 136 Å². The number of halogens is 3. The maximum Gasteiger partial charge on any atom is 0.412 e. The second kappa shape index (κ2) is 19.7. The van der Waals surface area contributed by atoms with E-state index in [1.807, 2.05) is 36.4 Å². The molecule has 49 heavy (non-hydrogen) atoms. The molecule has 0 spiro atoms. The maximum absolute atomic E-state index is 14.0. The van der Waals surface area contributed by atoms with Gasteiger partial charge in [-0.1, -0.05) is 102 Å². The van der Waals surface area contributed by atoms with Gasteiger partial charge >= 0.3 is 25.6 Å². The van der Waals surface area contributed by atoms with Gasteiger partial charge in [0.25, 0.3) is 0 Å². The molecule has 0 radical (unpaired) electrons. The van der Waals surface area contributed by atoms with Crippen LogP contribution >= 0.6 is 42.4 Å². The van der Waals surface area contributed by atoms with Gasteiger partial charge in [0.1, 0.15) is 12.7 Å². The Morgan fingerprint density at radius 1 is 0.796 bits per heavy atom. The third kappa shape index (κ3) is 13.2. The molecule has 1 saturated heterocycles. The van der Waals surface area contributed by atoms with Crippen molar-refractivity contribution in [1.29, 1.82) is 0 Å². The van der Waals surface area contributed by atoms with Gasteiger partial charge in [-0.15, -0.1) is 0 Å². The van der Waals surface area contributed by atoms with Crippen LogP contribution in [0.2, 0.25) is 0 Å². The minimum absolute atomic E-state index is 0.0105. The average molecular weight is 765 g/mol. The first-order chi connectivity index (χ1) is 23.3. The van der Waals surface area contributed by atoms with Crippen molar-refractivity contribution in [2.75, 3.05) is 19.8 Å². The number of benzene rings is 2. The number of esters is 2. The van der Waals surface area contributed by atoms with Crippen molar-refractivity contribution in [3.05, 3.63) is 83.7 Å². The van der Waals surface area contributed by atoms with Gasteiger partial charge in [0.05, 0.1) is 32.5 Å². The molecular weight excluding hydrogens is 724 g/mol. The lowest BCUT2D eigenvalue weighted by Crippen LogP contribution is -2.70. The van der Waals surface area contributed by atoms with Crippen LogP contribution in [0.25, 0.3) is 0 Å². The largest absolute Gasteiger partial charge is 0.457 e. The number of amides is 1. The quantitative estimate of drug-likeness (QED) is 0.0735. The number of rotatable bonds is 16. The molecule has 0 aliphatic carbocycles. The van der Waals surface area contributed by atoms with E-state index in [9.17, 15) is 18.9 Å². The Morgan fingerprint density at radius 3 is 1.80 bits per heavy atom. The highest BCUT2D eigenvalue weighted by Crippen LogP contribution is 2.50. The number of hydrogen-bond acceptors (Lipinski definition) is 11. The Labute approximate surface area is 301 Å². The number of nitrogens with zero attached hydrogens (tertiary/aromatic N) is 1. The first-order valence-electron chi connectivity index (χ1n) is 15.5. The van der Waals surface area contributed by atoms with Gasteiger partial charge in [-0.3, -0.25) is 19.1 Å². The fraction of sp³-hybridized carbons (Fsp3) is 0.485. The van der Waals surface area contributed by atoms with E-state index in [4.69, 9.17) is 67.5 Å². The molecule has 5 atom stereocenters. The van der Waals surface area contributed by atoms with Gasteiger partial charge < -0.3 is 32.7 Å². The van der Waals surface area contributed by atoms with Crippen LogP contribution in [-0.4, -0.2) is 77.1 Å². The molecule has 0 bridgehead atoms. The number of alkyl halides is 3. The summed E-state index contributed by atoms with van der Waals surface area (Å²) in [5.41, 5.74) is 1.50. The van der Waals surface area contributed by atoms with Crippen molar-refractivity contribution in [3.8, 4) is 0 Å². The maximum atomic E-state index is 14.0. The molecule has 0 N–H and O–H groups in total. The predicted molar refractivity (Wildman–Crippen MR) is 183 cm³/mol. The predicted octanol–water partition coefficient (Wildman–Crippen LogP) is 7.34. The van der Waals surface area contributed by atoms with Crippen molar-refractivity contribution in [3.63, 3.8) is 0 Å². The molecule has 1 amide bonds. The molecule has 12 nitrogen and oxygen atoms in total. The Balaban J connectivity index is 2.19. The molecule has 0 aromatic heterocycles. The molecule has 2 aromatic rings. The zero-order chi connectivity index (χ0) is 36.0. The molecule has 0 unspecified atom stereocenters. The Morgan fingerprint density at radius 2 is 1.31 bits per heavy atom. The number of carbonyl (C=O) groups excluding carboxylic acids is 3. The van der Waals surface area contributed by atoms with Crippen LogP contribution in [0.3, 0.4) is 0 Å². The molecule has 1 aliphatic heterocycles. The van der Waals surface area contributed by atoms with E-state index in [2.05, 4.69) is 0 Å². The number of carbonyl (C=O) groups is 3. The van der Waals surface area contributed by atoms with Gasteiger partial charge in [-0.2, -0.15) is 0 Å². The SMILES string of the molecule is CCOP(=O)(/C=C/C[C@@H]1[C@H](OC(C)=O)[C@@H](OCc2ccccc2)[C@H](OC(C)=O)[C@@H](OCc2ccccc2)N1C(=O)OCC(Cl)(Cl)Cl)OCC. The van der Waals surface area contributed by atoms with Crippen LogP contribution in [0.15, 0.2) is 72.6 Å². The third-order valence-corrected chi connectivity index (χ3v) is 9.09. The Hall–Kier alpha value is -2.67. The average Bonchev–Trinajstić information content (AvgIpc) is 3.04. The van der Waals surface area contributed by atoms with Gasteiger partial charge in [-0.25, -0.2) is 4.79 Å². The molecule has 0 saturated carbocycles. The number of likely N-dealkylation sites (tertiary alicyclic amines) is 1. The highest BCUT2D eigenvalue weighted by molar-refractivity contribution is 7.57. The second-order valence-electron chi connectivity index (χ2n) is 10.7. The van der Waals surface area contributed by atoms with E-state index >= 15 is 0 Å². The molecule has 1 fully saturated rings. The van der Waals surface area contributed by atoms with E-state index < -0.39 is 66.6 Å². The van der Waals surface area contributed by atoms with Crippen LogP contribution in [0, 0.1) is 0 Å². The molecule has 270 valence electrons. The van der Waals surface area contributed by atoms with Crippen molar-refractivity contribution in [1.82, 2.24) is 4.90 Å². The van der Waals surface area contributed by atoms with Gasteiger partial charge in [0.15, 0.2) is 18.4 Å². The van der Waals surface area contributed by atoms with Crippen LogP contribution in [0.4, 0.5) is 4.79 Å². The summed E-state index contributed by atoms with van der Waals surface area (Å²) in [5.74, 6) is -0.190. The summed E-state index contributed by atoms with van der Waals surface area (Å²) < 4.78 is 51.8. The van der Waals surface area contributed by atoms with E-state index in [1.165, 1.54) is 25.7 Å². The standard InChI is InChI=1S/C33H41Cl3NO11P/c1-5-45-49(41,46-6-2)19-13-18-27-28(47-23(3)38)29(42-20-25-14-9-7-10-15-25)30(48-24(4)39)31(43-21-26-16-11-8-12-17-26)37(27)32(40)44-22-33(34,35)36/h7-17,19,27-31H,5-6,18,20-22H2,1-4H3/b19-13+/t27-,28+,29-,30+,31-/m1/s1. The molecule has 1 aliphatic rings. The van der Waals surface area contributed by atoms with Gasteiger partial charge in [0, 0.05) is 19.7 Å². The fourth-order valence-electron chi connectivity index (χ4n) is 5.13. The smallest absolute Gasteiger partial charge is 0.412 e. The summed E-state index contributed by atoms with van der Waals surface area (Å²) in [7, 11) is -3.69. The normalized spacial score (nSPS) is 21.4. The molecule has 2 aromatic carbocycles. The summed E-state index contributed by atoms with van der Waals surface area (Å²) in [5, 5.41) is 0. The van der Waals surface area contributed by atoms with Crippen LogP contribution < -0.4 is 0 Å². The van der Waals surface area contributed by atoms with E-state index in [0.29, 0.717) is 0 Å². The Kier molecular flexibility index (Phi) is 16.3. The lowest BCUT2D eigenvalue weighted by molar-refractivity contribution is -0.253. The summed E-state index contributed by atoms with van der Waals surface area (Å²) in [4.78, 5) is 40.3. The van der Waals surface area contributed by atoms with Crippen molar-refractivity contribution in [2.24, 2.45) is 0 Å². The fourth-order valence-corrected chi connectivity index (χ4v) is 6.64. The number of piperidine rings is 1. The van der Waals surface area contributed by atoms with Crippen molar-refractivity contribution >= 4 is 60.4 Å². The summed E-state index contributed by atoms with van der Waals surface area (Å²) in [6.07, 6.45) is -4.90. The minimum Gasteiger partial charge on any atom is -0.457 e. The summed E-state index contributed by atoms with van der Waals surface area (Å²) >= 11 is 17.7. The van der Waals surface area contributed by atoms with E-state index in [0.717, 1.165) is 16.0 Å². The van der Waals surface area contributed by atoms with Crippen LogP contribution in [0.5, 0.6) is 0 Å². The second-order valence-corrected chi connectivity index (χ2v) is 15.1.